The molecule has 0 radical (unpaired) electrons. The van der Waals surface area contributed by atoms with Crippen molar-refractivity contribution < 1.29 is 0 Å². The minimum absolute atomic E-state index is 1.00. The summed E-state index contributed by atoms with van der Waals surface area (Å²) in [5.41, 5.74) is 0. The Morgan fingerprint density at radius 3 is 2.80 bits per heavy atom. The highest BCUT2D eigenvalue weighted by Gasteiger charge is 2.47. The van der Waals surface area contributed by atoms with Gasteiger partial charge in [0.1, 0.15) is 0 Å². The van der Waals surface area contributed by atoms with E-state index in [4.69, 9.17) is 0 Å². The Balaban J connectivity index is 1.93. The van der Waals surface area contributed by atoms with E-state index in [1.807, 2.05) is 0 Å². The number of allylic oxidation sites excluding steroid dienone is 2. The number of rotatable bonds is 0. The van der Waals surface area contributed by atoms with Crippen LogP contribution >= 0.6 is 0 Å². The smallest absolute Gasteiger partial charge is 0.0199 e. The lowest BCUT2D eigenvalue weighted by molar-refractivity contribution is 0.379. The van der Waals surface area contributed by atoms with Crippen molar-refractivity contribution in [3.05, 3.63) is 12.2 Å². The second-order valence-corrected chi connectivity index (χ2v) is 4.21. The van der Waals surface area contributed by atoms with E-state index in [0.29, 0.717) is 0 Å². The average molecular weight is 134 g/mol. The minimum atomic E-state index is 1.00. The Morgan fingerprint density at radius 1 is 0.900 bits per heavy atom. The number of hydrogen-bond donors (Lipinski definition) is 0. The summed E-state index contributed by atoms with van der Waals surface area (Å²) in [6.45, 7) is 0. The van der Waals surface area contributed by atoms with Gasteiger partial charge in [-0.3, -0.25) is 0 Å². The predicted octanol–water partition coefficient (Wildman–Crippen LogP) is 2.61. The van der Waals surface area contributed by atoms with Crippen LogP contribution in [0.2, 0.25) is 0 Å². The van der Waals surface area contributed by atoms with Crippen molar-refractivity contribution in [3.63, 3.8) is 0 Å². The number of fused-ring (bicyclic) bond motifs is 3. The third kappa shape index (κ3) is 0.574. The largest absolute Gasteiger partial charge is 0.0848 e. The molecule has 2 fully saturated rings. The molecule has 0 heteroatoms. The van der Waals surface area contributed by atoms with Crippen LogP contribution in [0.15, 0.2) is 12.2 Å². The van der Waals surface area contributed by atoms with Gasteiger partial charge in [-0.05, 0) is 42.9 Å². The summed E-state index contributed by atoms with van der Waals surface area (Å²) in [7, 11) is 0. The summed E-state index contributed by atoms with van der Waals surface area (Å²) in [5, 5.41) is 0. The topological polar surface area (TPSA) is 0 Å². The van der Waals surface area contributed by atoms with E-state index in [2.05, 4.69) is 12.2 Å². The van der Waals surface area contributed by atoms with Gasteiger partial charge in [-0.2, -0.15) is 0 Å². The van der Waals surface area contributed by atoms with Gasteiger partial charge >= 0.3 is 0 Å². The monoisotopic (exact) mass is 134 g/mol. The van der Waals surface area contributed by atoms with Crippen LogP contribution in [0, 0.1) is 23.7 Å². The molecule has 3 aliphatic rings. The van der Waals surface area contributed by atoms with Crippen molar-refractivity contribution in [2.45, 2.75) is 25.7 Å². The summed E-state index contributed by atoms with van der Waals surface area (Å²) in [4.78, 5) is 0. The SMILES string of the molecule is C1=C[C@@H]2CCC[C@H]2[C@H]2C[C@@H]12. The molecule has 0 N–H and O–H groups in total. The Hall–Kier alpha value is -0.260. The molecule has 0 aromatic heterocycles. The zero-order valence-corrected chi connectivity index (χ0v) is 6.29. The fraction of sp³-hybridized carbons (Fsp3) is 0.800. The molecule has 0 saturated heterocycles. The molecule has 0 bridgehead atoms. The van der Waals surface area contributed by atoms with Gasteiger partial charge in [-0.25, -0.2) is 0 Å². The average Bonchev–Trinajstić information content (AvgIpc) is 2.60. The fourth-order valence-electron chi connectivity index (χ4n) is 3.02. The maximum Gasteiger partial charge on any atom is -0.0199 e. The highest BCUT2D eigenvalue weighted by atomic mass is 14.5. The molecular formula is C10H14. The van der Waals surface area contributed by atoms with E-state index >= 15 is 0 Å². The lowest BCUT2D eigenvalue weighted by Gasteiger charge is -2.18. The molecule has 0 aromatic carbocycles. The minimum Gasteiger partial charge on any atom is -0.0848 e. The third-order valence-corrected chi connectivity index (χ3v) is 3.67. The van der Waals surface area contributed by atoms with Crippen molar-refractivity contribution in [1.82, 2.24) is 0 Å². The molecule has 3 aliphatic carbocycles. The van der Waals surface area contributed by atoms with Crippen LogP contribution in [0.1, 0.15) is 25.7 Å². The second-order valence-electron chi connectivity index (χ2n) is 4.21. The van der Waals surface area contributed by atoms with Gasteiger partial charge in [-0.1, -0.05) is 18.6 Å². The lowest BCUT2D eigenvalue weighted by atomic mass is 9.86. The van der Waals surface area contributed by atoms with Gasteiger partial charge in [0, 0.05) is 0 Å². The zero-order chi connectivity index (χ0) is 6.55. The van der Waals surface area contributed by atoms with Crippen molar-refractivity contribution in [2.24, 2.45) is 23.7 Å². The molecule has 0 spiro atoms. The van der Waals surface area contributed by atoms with Crippen molar-refractivity contribution >= 4 is 0 Å². The molecule has 0 amide bonds. The lowest BCUT2D eigenvalue weighted by Crippen LogP contribution is -2.11. The molecular weight excluding hydrogens is 120 g/mol. The Labute approximate surface area is 62.3 Å². The van der Waals surface area contributed by atoms with E-state index in [1.165, 1.54) is 25.7 Å². The molecule has 0 aliphatic heterocycles. The maximum atomic E-state index is 2.51. The van der Waals surface area contributed by atoms with Crippen molar-refractivity contribution in [1.29, 1.82) is 0 Å². The zero-order valence-electron chi connectivity index (χ0n) is 6.29. The van der Waals surface area contributed by atoms with Gasteiger partial charge in [0.25, 0.3) is 0 Å². The molecule has 0 aromatic rings. The van der Waals surface area contributed by atoms with Crippen LogP contribution in [0.5, 0.6) is 0 Å². The standard InChI is InChI=1S/C10H14/c1-2-7-4-5-8-6-10(8)9(7)3-1/h4-5,7-10H,1-3,6H2/t7-,8+,9+,10-/m0/s1. The summed E-state index contributed by atoms with van der Waals surface area (Å²) in [6, 6.07) is 0. The van der Waals surface area contributed by atoms with Gasteiger partial charge in [0.2, 0.25) is 0 Å². The first-order valence-corrected chi connectivity index (χ1v) is 4.63. The van der Waals surface area contributed by atoms with Gasteiger partial charge in [0.15, 0.2) is 0 Å². The Bertz CT molecular complexity index is 180. The highest BCUT2D eigenvalue weighted by molar-refractivity contribution is 5.14. The van der Waals surface area contributed by atoms with Crippen LogP contribution in [0.4, 0.5) is 0 Å². The van der Waals surface area contributed by atoms with Crippen LogP contribution in [-0.4, -0.2) is 0 Å². The molecule has 0 nitrogen and oxygen atoms in total. The van der Waals surface area contributed by atoms with Crippen LogP contribution in [0.3, 0.4) is 0 Å². The summed E-state index contributed by atoms with van der Waals surface area (Å²) in [6.07, 6.45) is 11.0. The molecule has 54 valence electrons. The van der Waals surface area contributed by atoms with Crippen molar-refractivity contribution in [2.75, 3.05) is 0 Å². The first-order valence-electron chi connectivity index (χ1n) is 4.63. The van der Waals surface area contributed by atoms with E-state index in [0.717, 1.165) is 23.7 Å². The predicted molar refractivity (Wildman–Crippen MR) is 41.6 cm³/mol. The summed E-state index contributed by atoms with van der Waals surface area (Å²) < 4.78 is 0. The third-order valence-electron chi connectivity index (χ3n) is 3.67. The van der Waals surface area contributed by atoms with Crippen LogP contribution in [-0.2, 0) is 0 Å². The van der Waals surface area contributed by atoms with Crippen molar-refractivity contribution in [3.8, 4) is 0 Å². The molecule has 10 heavy (non-hydrogen) atoms. The number of hydrogen-bond acceptors (Lipinski definition) is 0. The van der Waals surface area contributed by atoms with E-state index < -0.39 is 0 Å². The van der Waals surface area contributed by atoms with E-state index in [1.54, 1.807) is 0 Å². The first kappa shape index (κ1) is 5.40. The second kappa shape index (κ2) is 1.66. The quantitative estimate of drug-likeness (QED) is 0.447. The van der Waals surface area contributed by atoms with Gasteiger partial charge in [0.05, 0.1) is 0 Å². The van der Waals surface area contributed by atoms with Crippen LogP contribution < -0.4 is 0 Å². The normalized spacial score (nSPS) is 56.0. The fourth-order valence-corrected chi connectivity index (χ4v) is 3.02. The molecule has 4 atom stereocenters. The Morgan fingerprint density at radius 2 is 1.80 bits per heavy atom. The molecule has 0 unspecified atom stereocenters. The summed E-state index contributed by atoms with van der Waals surface area (Å²) in [5.74, 6) is 4.29. The van der Waals surface area contributed by atoms with E-state index in [9.17, 15) is 0 Å². The first-order chi connectivity index (χ1) is 4.95. The van der Waals surface area contributed by atoms with Crippen LogP contribution in [0.25, 0.3) is 0 Å². The molecule has 2 saturated carbocycles. The van der Waals surface area contributed by atoms with E-state index in [-0.39, 0.29) is 0 Å². The summed E-state index contributed by atoms with van der Waals surface area (Å²) >= 11 is 0. The molecule has 0 heterocycles. The molecule has 3 rings (SSSR count). The van der Waals surface area contributed by atoms with Gasteiger partial charge < -0.3 is 0 Å². The highest BCUT2D eigenvalue weighted by Crippen LogP contribution is 2.56. The van der Waals surface area contributed by atoms with Gasteiger partial charge in [-0.15, -0.1) is 0 Å². The maximum absolute atomic E-state index is 2.51. The Kier molecular flexibility index (Phi) is 0.898.